The predicted octanol–water partition coefficient (Wildman–Crippen LogP) is 2.07. The van der Waals surface area contributed by atoms with Crippen LogP contribution in [0.5, 0.6) is 0 Å². The second-order valence-electron chi connectivity index (χ2n) is 4.56. The standard InChI is InChI=1S/C14H23N3O.ClH/c1-3-14(4-2,11-15)17-13(18)9-8-12-7-5-6-10-16-12;/h5-7,10H,3-4,8-9,11,15H2,1-2H3,(H,17,18);1H. The van der Waals surface area contributed by atoms with Gasteiger partial charge in [-0.05, 0) is 31.4 Å². The van der Waals surface area contributed by atoms with Gasteiger partial charge in [0.15, 0.2) is 0 Å². The minimum Gasteiger partial charge on any atom is -0.349 e. The van der Waals surface area contributed by atoms with Gasteiger partial charge in [0.1, 0.15) is 0 Å². The molecule has 0 unspecified atom stereocenters. The Morgan fingerprint density at radius 1 is 1.37 bits per heavy atom. The topological polar surface area (TPSA) is 68.0 Å². The smallest absolute Gasteiger partial charge is 0.220 e. The molecule has 3 N–H and O–H groups in total. The molecule has 19 heavy (non-hydrogen) atoms. The van der Waals surface area contributed by atoms with E-state index in [1.165, 1.54) is 0 Å². The number of aryl methyl sites for hydroxylation is 1. The maximum Gasteiger partial charge on any atom is 0.220 e. The number of hydrogen-bond donors (Lipinski definition) is 2. The van der Waals surface area contributed by atoms with Crippen molar-refractivity contribution in [1.29, 1.82) is 0 Å². The zero-order valence-corrected chi connectivity index (χ0v) is 12.5. The third-order valence-electron chi connectivity index (χ3n) is 3.48. The average Bonchev–Trinajstić information content (AvgIpc) is 2.44. The van der Waals surface area contributed by atoms with Crippen LogP contribution in [-0.2, 0) is 11.2 Å². The van der Waals surface area contributed by atoms with E-state index < -0.39 is 0 Å². The number of carbonyl (C=O) groups is 1. The van der Waals surface area contributed by atoms with Gasteiger partial charge in [0.05, 0.1) is 5.54 Å². The van der Waals surface area contributed by atoms with Crippen molar-refractivity contribution in [2.24, 2.45) is 5.73 Å². The number of nitrogens with one attached hydrogen (secondary N) is 1. The SMILES string of the molecule is CCC(CC)(CN)NC(=O)CCc1ccccn1.Cl. The van der Waals surface area contributed by atoms with E-state index in [-0.39, 0.29) is 23.9 Å². The van der Waals surface area contributed by atoms with Crippen LogP contribution in [0.2, 0.25) is 0 Å². The third-order valence-corrected chi connectivity index (χ3v) is 3.48. The third kappa shape index (κ3) is 5.57. The highest BCUT2D eigenvalue weighted by atomic mass is 35.5. The Morgan fingerprint density at radius 2 is 2.05 bits per heavy atom. The van der Waals surface area contributed by atoms with E-state index in [0.29, 0.717) is 19.4 Å². The van der Waals surface area contributed by atoms with Gasteiger partial charge in [-0.15, -0.1) is 12.4 Å². The molecule has 0 radical (unpaired) electrons. The highest BCUT2D eigenvalue weighted by Crippen LogP contribution is 2.13. The lowest BCUT2D eigenvalue weighted by Gasteiger charge is -2.31. The molecule has 0 aliphatic heterocycles. The quantitative estimate of drug-likeness (QED) is 0.806. The molecule has 4 nitrogen and oxygen atoms in total. The van der Waals surface area contributed by atoms with Crippen LogP contribution in [0, 0.1) is 0 Å². The molecular formula is C14H24ClN3O. The highest BCUT2D eigenvalue weighted by molar-refractivity contribution is 5.85. The minimum atomic E-state index is -0.249. The Balaban J connectivity index is 0.00000324. The summed E-state index contributed by atoms with van der Waals surface area (Å²) in [6.45, 7) is 4.58. The Morgan fingerprint density at radius 3 is 2.53 bits per heavy atom. The number of aromatic nitrogens is 1. The second-order valence-corrected chi connectivity index (χ2v) is 4.56. The summed E-state index contributed by atoms with van der Waals surface area (Å²) in [5.74, 6) is 0.0507. The van der Waals surface area contributed by atoms with Crippen LogP contribution in [0.3, 0.4) is 0 Å². The number of carbonyl (C=O) groups excluding carboxylic acids is 1. The molecule has 1 aromatic heterocycles. The Bertz CT molecular complexity index is 358. The summed E-state index contributed by atoms with van der Waals surface area (Å²) in [4.78, 5) is 16.1. The van der Waals surface area contributed by atoms with Crippen molar-refractivity contribution in [3.05, 3.63) is 30.1 Å². The summed E-state index contributed by atoms with van der Waals surface area (Å²) >= 11 is 0. The van der Waals surface area contributed by atoms with Crippen LogP contribution in [-0.4, -0.2) is 23.0 Å². The lowest BCUT2D eigenvalue weighted by atomic mass is 9.92. The van der Waals surface area contributed by atoms with Crippen LogP contribution in [0.25, 0.3) is 0 Å². The van der Waals surface area contributed by atoms with Crippen molar-refractivity contribution in [2.75, 3.05) is 6.54 Å². The Labute approximate surface area is 121 Å². The van der Waals surface area contributed by atoms with E-state index in [1.54, 1.807) is 6.20 Å². The van der Waals surface area contributed by atoms with E-state index in [4.69, 9.17) is 5.73 Å². The largest absolute Gasteiger partial charge is 0.349 e. The Kier molecular flexibility index (Phi) is 8.35. The van der Waals surface area contributed by atoms with Gasteiger partial charge in [0, 0.05) is 24.9 Å². The van der Waals surface area contributed by atoms with E-state index in [9.17, 15) is 4.79 Å². The fraction of sp³-hybridized carbons (Fsp3) is 0.571. The molecule has 0 bridgehead atoms. The maximum absolute atomic E-state index is 11.9. The number of rotatable bonds is 7. The van der Waals surface area contributed by atoms with Gasteiger partial charge in [0.25, 0.3) is 0 Å². The summed E-state index contributed by atoms with van der Waals surface area (Å²) in [5, 5.41) is 3.06. The fourth-order valence-electron chi connectivity index (χ4n) is 1.91. The van der Waals surface area contributed by atoms with Gasteiger partial charge in [-0.25, -0.2) is 0 Å². The lowest BCUT2D eigenvalue weighted by molar-refractivity contribution is -0.123. The number of pyridine rings is 1. The molecule has 0 aromatic carbocycles. The first-order valence-electron chi connectivity index (χ1n) is 6.56. The molecule has 0 saturated carbocycles. The van der Waals surface area contributed by atoms with Crippen molar-refractivity contribution in [1.82, 2.24) is 10.3 Å². The summed E-state index contributed by atoms with van der Waals surface area (Å²) in [7, 11) is 0. The lowest BCUT2D eigenvalue weighted by Crippen LogP contribution is -2.52. The van der Waals surface area contributed by atoms with Gasteiger partial charge in [-0.1, -0.05) is 19.9 Å². The monoisotopic (exact) mass is 285 g/mol. The van der Waals surface area contributed by atoms with E-state index in [0.717, 1.165) is 18.5 Å². The minimum absolute atomic E-state index is 0. The van der Waals surface area contributed by atoms with Crippen LogP contribution in [0.1, 0.15) is 38.8 Å². The van der Waals surface area contributed by atoms with Crippen LogP contribution < -0.4 is 11.1 Å². The van der Waals surface area contributed by atoms with Crippen LogP contribution in [0.4, 0.5) is 0 Å². The van der Waals surface area contributed by atoms with Crippen molar-refractivity contribution in [3.63, 3.8) is 0 Å². The number of nitrogens with two attached hydrogens (primary N) is 1. The first-order chi connectivity index (χ1) is 8.65. The van der Waals surface area contributed by atoms with Gasteiger partial charge in [-0.3, -0.25) is 9.78 Å². The van der Waals surface area contributed by atoms with E-state index in [1.807, 2.05) is 18.2 Å². The average molecular weight is 286 g/mol. The summed E-state index contributed by atoms with van der Waals surface area (Å²) in [5.41, 5.74) is 6.45. The first kappa shape index (κ1) is 17.9. The molecule has 0 aliphatic carbocycles. The van der Waals surface area contributed by atoms with Gasteiger partial charge in [0.2, 0.25) is 5.91 Å². The molecular weight excluding hydrogens is 262 g/mol. The van der Waals surface area contributed by atoms with Gasteiger partial charge in [-0.2, -0.15) is 0 Å². The fourth-order valence-corrected chi connectivity index (χ4v) is 1.91. The van der Waals surface area contributed by atoms with Crippen LogP contribution in [0.15, 0.2) is 24.4 Å². The molecule has 1 heterocycles. The van der Waals surface area contributed by atoms with E-state index in [2.05, 4.69) is 24.1 Å². The van der Waals surface area contributed by atoms with Gasteiger partial charge >= 0.3 is 0 Å². The summed E-state index contributed by atoms with van der Waals surface area (Å²) in [6, 6.07) is 5.74. The summed E-state index contributed by atoms with van der Waals surface area (Å²) in [6.07, 6.45) is 4.58. The second kappa shape index (κ2) is 8.88. The molecule has 0 fully saturated rings. The van der Waals surface area contributed by atoms with Gasteiger partial charge < -0.3 is 11.1 Å². The zero-order chi connectivity index (χ0) is 13.4. The molecule has 0 aliphatic rings. The highest BCUT2D eigenvalue weighted by Gasteiger charge is 2.25. The zero-order valence-electron chi connectivity index (χ0n) is 11.7. The number of nitrogens with zero attached hydrogens (tertiary/aromatic N) is 1. The van der Waals surface area contributed by atoms with Crippen molar-refractivity contribution in [3.8, 4) is 0 Å². The maximum atomic E-state index is 11.9. The Hall–Kier alpha value is -1.13. The molecule has 1 aromatic rings. The van der Waals surface area contributed by atoms with Crippen molar-refractivity contribution in [2.45, 2.75) is 45.1 Å². The summed E-state index contributed by atoms with van der Waals surface area (Å²) < 4.78 is 0. The van der Waals surface area contributed by atoms with Crippen LogP contribution >= 0.6 is 12.4 Å². The number of amides is 1. The molecule has 0 atom stereocenters. The first-order valence-corrected chi connectivity index (χ1v) is 6.56. The molecule has 1 rings (SSSR count). The molecule has 0 spiro atoms. The van der Waals surface area contributed by atoms with Crippen molar-refractivity contribution >= 4 is 18.3 Å². The molecule has 108 valence electrons. The molecule has 0 saturated heterocycles. The van der Waals surface area contributed by atoms with E-state index >= 15 is 0 Å². The molecule has 5 heteroatoms. The normalized spacial score (nSPS) is 10.7. The number of hydrogen-bond acceptors (Lipinski definition) is 3. The molecule has 1 amide bonds. The predicted molar refractivity (Wildman–Crippen MR) is 80.3 cm³/mol. The van der Waals surface area contributed by atoms with Crippen molar-refractivity contribution < 1.29 is 4.79 Å². The number of halogens is 1.